The van der Waals surface area contributed by atoms with Crippen LogP contribution in [-0.2, 0) is 16.2 Å². The van der Waals surface area contributed by atoms with E-state index in [-0.39, 0.29) is 5.69 Å². The Balaban J connectivity index is 2.06. The van der Waals surface area contributed by atoms with Crippen molar-refractivity contribution in [2.24, 2.45) is 0 Å². The SMILES string of the molecule is [C-]#[N+]c1ccc(Nc2ccc(C(F)(F)F)cc2NS(=O)(=O)c2ccccc2C(=O)O)cc1. The van der Waals surface area contributed by atoms with Gasteiger partial charge in [-0.3, -0.25) is 4.72 Å². The molecule has 3 aromatic rings. The third-order valence-corrected chi connectivity index (χ3v) is 5.70. The van der Waals surface area contributed by atoms with E-state index in [1.54, 1.807) is 0 Å². The smallest absolute Gasteiger partial charge is 0.416 e. The number of nitrogens with one attached hydrogen (secondary N) is 2. The first-order valence-corrected chi connectivity index (χ1v) is 10.3. The zero-order valence-electron chi connectivity index (χ0n) is 16.0. The molecule has 0 radical (unpaired) electrons. The van der Waals surface area contributed by atoms with Crippen LogP contribution < -0.4 is 10.0 Å². The molecule has 0 spiro atoms. The summed E-state index contributed by atoms with van der Waals surface area (Å²) < 4.78 is 67.5. The maximum Gasteiger partial charge on any atom is 0.416 e. The van der Waals surface area contributed by atoms with Gasteiger partial charge >= 0.3 is 12.1 Å². The Bertz CT molecular complexity index is 1320. The molecule has 164 valence electrons. The average molecular weight is 461 g/mol. The highest BCUT2D eigenvalue weighted by Crippen LogP contribution is 2.36. The molecule has 0 bridgehead atoms. The Morgan fingerprint density at radius 3 is 2.22 bits per heavy atom. The average Bonchev–Trinajstić information content (AvgIpc) is 2.74. The molecular formula is C21H14F3N3O4S. The highest BCUT2D eigenvalue weighted by atomic mass is 32.2. The summed E-state index contributed by atoms with van der Waals surface area (Å²) in [6.45, 7) is 6.96. The minimum absolute atomic E-state index is 0.00931. The van der Waals surface area contributed by atoms with Crippen molar-refractivity contribution in [3.05, 3.63) is 89.3 Å². The lowest BCUT2D eigenvalue weighted by atomic mass is 10.1. The lowest BCUT2D eigenvalue weighted by Gasteiger charge is -2.17. The molecule has 3 aromatic carbocycles. The van der Waals surface area contributed by atoms with Crippen molar-refractivity contribution >= 4 is 38.7 Å². The van der Waals surface area contributed by atoms with E-state index in [0.717, 1.165) is 24.3 Å². The van der Waals surface area contributed by atoms with Crippen LogP contribution in [-0.4, -0.2) is 19.5 Å². The fraction of sp³-hybridized carbons (Fsp3) is 0.0476. The lowest BCUT2D eigenvalue weighted by Crippen LogP contribution is -2.18. The van der Waals surface area contributed by atoms with Crippen molar-refractivity contribution in [1.82, 2.24) is 0 Å². The Morgan fingerprint density at radius 1 is 0.969 bits per heavy atom. The van der Waals surface area contributed by atoms with Crippen molar-refractivity contribution in [3.63, 3.8) is 0 Å². The molecule has 0 aliphatic rings. The van der Waals surface area contributed by atoms with Crippen molar-refractivity contribution < 1.29 is 31.5 Å². The van der Waals surface area contributed by atoms with Gasteiger partial charge < -0.3 is 10.4 Å². The number of alkyl halides is 3. The van der Waals surface area contributed by atoms with Gasteiger partial charge in [-0.2, -0.15) is 13.2 Å². The number of hydrogen-bond donors (Lipinski definition) is 3. The summed E-state index contributed by atoms with van der Waals surface area (Å²) in [6.07, 6.45) is -4.74. The van der Waals surface area contributed by atoms with Crippen molar-refractivity contribution in [2.75, 3.05) is 10.0 Å². The van der Waals surface area contributed by atoms with Crippen LogP contribution in [0.3, 0.4) is 0 Å². The summed E-state index contributed by atoms with van der Waals surface area (Å²) >= 11 is 0. The van der Waals surface area contributed by atoms with Gasteiger partial charge in [-0.25, -0.2) is 18.1 Å². The van der Waals surface area contributed by atoms with E-state index >= 15 is 0 Å². The molecule has 0 atom stereocenters. The van der Waals surface area contributed by atoms with Crippen molar-refractivity contribution in [2.45, 2.75) is 11.1 Å². The van der Waals surface area contributed by atoms with Crippen LogP contribution >= 0.6 is 0 Å². The minimum atomic E-state index is -4.74. The first-order chi connectivity index (χ1) is 15.0. The summed E-state index contributed by atoms with van der Waals surface area (Å²) in [5, 5.41) is 12.1. The third kappa shape index (κ3) is 4.98. The number of aromatic carboxylic acids is 1. The monoisotopic (exact) mass is 461 g/mol. The Labute approximate surface area is 181 Å². The molecule has 32 heavy (non-hydrogen) atoms. The zero-order valence-corrected chi connectivity index (χ0v) is 16.8. The number of carboxylic acid groups (broad SMARTS) is 1. The fourth-order valence-electron chi connectivity index (χ4n) is 2.77. The van der Waals surface area contributed by atoms with E-state index in [1.165, 1.54) is 36.4 Å². The maximum absolute atomic E-state index is 13.2. The largest absolute Gasteiger partial charge is 0.478 e. The minimum Gasteiger partial charge on any atom is -0.478 e. The summed E-state index contributed by atoms with van der Waals surface area (Å²) in [7, 11) is -4.55. The summed E-state index contributed by atoms with van der Waals surface area (Å²) in [6, 6.07) is 13.1. The van der Waals surface area contributed by atoms with E-state index in [2.05, 4.69) is 14.9 Å². The standard InChI is InChI=1S/C21H14F3N3O4S/c1-25-14-7-9-15(10-8-14)26-17-11-6-13(21(22,23)24)12-18(17)27-32(30,31)19-5-3-2-4-16(19)20(28)29/h2-12,26-27H,(H,28,29). The van der Waals surface area contributed by atoms with Gasteiger partial charge in [0.05, 0.1) is 29.1 Å². The lowest BCUT2D eigenvalue weighted by molar-refractivity contribution is -0.137. The first kappa shape index (κ1) is 22.6. The van der Waals surface area contributed by atoms with Gasteiger partial charge in [-0.1, -0.05) is 24.3 Å². The summed E-state index contributed by atoms with van der Waals surface area (Å²) in [4.78, 5) is 14.0. The van der Waals surface area contributed by atoms with Crippen LogP contribution in [0.1, 0.15) is 15.9 Å². The van der Waals surface area contributed by atoms with Gasteiger partial charge in [0, 0.05) is 5.69 Å². The first-order valence-electron chi connectivity index (χ1n) is 8.82. The van der Waals surface area contributed by atoms with Crippen molar-refractivity contribution in [1.29, 1.82) is 0 Å². The van der Waals surface area contributed by atoms with Gasteiger partial charge in [-0.05, 0) is 42.5 Å². The number of carbonyl (C=O) groups is 1. The highest BCUT2D eigenvalue weighted by molar-refractivity contribution is 7.92. The number of sulfonamides is 1. The van der Waals surface area contributed by atoms with Crippen LogP contribution in [0.2, 0.25) is 0 Å². The number of rotatable bonds is 6. The number of benzene rings is 3. The van der Waals surface area contributed by atoms with E-state index in [1.807, 2.05) is 0 Å². The molecule has 0 saturated carbocycles. The number of hydrogen-bond acceptors (Lipinski definition) is 4. The summed E-state index contributed by atoms with van der Waals surface area (Å²) in [5.41, 5.74) is -1.34. The molecule has 0 aliphatic heterocycles. The number of nitrogens with zero attached hydrogens (tertiary/aromatic N) is 1. The van der Waals surface area contributed by atoms with Gasteiger partial charge in [0.25, 0.3) is 10.0 Å². The molecule has 3 N–H and O–H groups in total. The maximum atomic E-state index is 13.2. The second-order valence-electron chi connectivity index (χ2n) is 6.45. The molecule has 0 fully saturated rings. The molecule has 0 heterocycles. The number of anilines is 3. The summed E-state index contributed by atoms with van der Waals surface area (Å²) in [5.74, 6) is -1.51. The molecule has 0 amide bonds. The molecule has 0 unspecified atom stereocenters. The Morgan fingerprint density at radius 2 is 1.62 bits per heavy atom. The normalized spacial score (nSPS) is 11.4. The van der Waals surface area contributed by atoms with E-state index < -0.39 is 43.9 Å². The Kier molecular flexibility index (Phi) is 6.09. The molecule has 3 rings (SSSR count). The molecule has 0 saturated heterocycles. The van der Waals surface area contributed by atoms with E-state index in [0.29, 0.717) is 17.4 Å². The van der Waals surface area contributed by atoms with Crippen LogP contribution in [0.4, 0.5) is 35.9 Å². The van der Waals surface area contributed by atoms with Crippen LogP contribution in [0, 0.1) is 6.57 Å². The quantitative estimate of drug-likeness (QED) is 0.421. The van der Waals surface area contributed by atoms with Crippen LogP contribution in [0.15, 0.2) is 71.6 Å². The zero-order chi connectivity index (χ0) is 23.5. The molecular weight excluding hydrogens is 447 g/mol. The van der Waals surface area contributed by atoms with Gasteiger partial charge in [-0.15, -0.1) is 0 Å². The highest BCUT2D eigenvalue weighted by Gasteiger charge is 2.32. The molecule has 11 heteroatoms. The van der Waals surface area contributed by atoms with Gasteiger partial charge in [0.15, 0.2) is 5.69 Å². The molecule has 0 aliphatic carbocycles. The molecule has 0 aromatic heterocycles. The van der Waals surface area contributed by atoms with Crippen LogP contribution in [0.25, 0.3) is 4.85 Å². The van der Waals surface area contributed by atoms with Gasteiger partial charge in [0.1, 0.15) is 4.90 Å². The van der Waals surface area contributed by atoms with Crippen LogP contribution in [0.5, 0.6) is 0 Å². The van der Waals surface area contributed by atoms with E-state index in [9.17, 15) is 31.5 Å². The number of carboxylic acids is 1. The second kappa shape index (κ2) is 8.60. The molecule has 7 nitrogen and oxygen atoms in total. The van der Waals surface area contributed by atoms with Crippen molar-refractivity contribution in [3.8, 4) is 0 Å². The number of halogens is 3. The van der Waals surface area contributed by atoms with Gasteiger partial charge in [0.2, 0.25) is 0 Å². The third-order valence-electron chi connectivity index (χ3n) is 4.27. The second-order valence-corrected chi connectivity index (χ2v) is 8.10. The predicted molar refractivity (Wildman–Crippen MR) is 112 cm³/mol. The fourth-order valence-corrected chi connectivity index (χ4v) is 4.04. The predicted octanol–water partition coefficient (Wildman–Crippen LogP) is 5.50. The topological polar surface area (TPSA) is 99.9 Å². The Hall–Kier alpha value is -4.04. The van der Waals surface area contributed by atoms with E-state index in [4.69, 9.17) is 6.57 Å².